The van der Waals surface area contributed by atoms with Gasteiger partial charge in [-0.3, -0.25) is 0 Å². The van der Waals surface area contributed by atoms with Gasteiger partial charge >= 0.3 is 0 Å². The van der Waals surface area contributed by atoms with Crippen LogP contribution in [0.25, 0.3) is 0 Å². The Hall–Kier alpha value is 0.674. The van der Waals surface area contributed by atoms with E-state index in [1.807, 2.05) is 0 Å². The van der Waals surface area contributed by atoms with Gasteiger partial charge in [-0.25, -0.2) is 0 Å². The molecule has 0 atom stereocenters. The Bertz CT molecular complexity index is 101. The molecule has 0 radical (unpaired) electrons. The number of hydrogen-bond acceptors (Lipinski definition) is 0. The van der Waals surface area contributed by atoms with Gasteiger partial charge in [0.1, 0.15) is 0 Å². The summed E-state index contributed by atoms with van der Waals surface area (Å²) in [5.74, 6) is 0. The largest absolute Gasteiger partial charge is 0.324 e. The third kappa shape index (κ3) is 6.21. The van der Waals surface area contributed by atoms with Crippen molar-refractivity contribution in [3.63, 3.8) is 0 Å². The van der Waals surface area contributed by atoms with Gasteiger partial charge in [0, 0.05) is 21.7 Å². The van der Waals surface area contributed by atoms with Crippen LogP contribution in [0.15, 0.2) is 0 Å². The molecule has 0 unspecified atom stereocenters. The summed E-state index contributed by atoms with van der Waals surface area (Å²) in [5.41, 5.74) is 0. The molecule has 0 fully saturated rings. The molecule has 0 aliphatic carbocycles. The van der Waals surface area contributed by atoms with Crippen molar-refractivity contribution in [3.05, 3.63) is 0 Å². The molecule has 1 nitrogen and oxygen atoms in total. The van der Waals surface area contributed by atoms with Crippen molar-refractivity contribution < 1.29 is 26.2 Å². The molecule has 0 spiro atoms. The Kier molecular flexibility index (Phi) is 12.4. The molecule has 84 valence electrons. The minimum absolute atomic E-state index is 0. The minimum Gasteiger partial charge on any atom is -0.324 e. The molecule has 0 bridgehead atoms. The maximum absolute atomic E-state index is 2.34. The number of nitrogens with zero attached hydrogens (tertiary/aromatic N) is 1. The van der Waals surface area contributed by atoms with Gasteiger partial charge in [0.05, 0.1) is 26.2 Å². The molecule has 2 heteroatoms. The maximum Gasteiger partial charge on any atom is 0.0786 e. The first kappa shape index (κ1) is 17.1. The van der Waals surface area contributed by atoms with Gasteiger partial charge in [-0.15, -0.1) is 0 Å². The van der Waals surface area contributed by atoms with Gasteiger partial charge in [0.25, 0.3) is 0 Å². The summed E-state index contributed by atoms with van der Waals surface area (Å²) in [6.45, 7) is 14.7. The number of quaternary nitrogens is 1. The molecule has 0 aromatic heterocycles. The maximum atomic E-state index is 2.34. The molecule has 0 saturated carbocycles. The Morgan fingerprint density at radius 2 is 1.07 bits per heavy atom. The van der Waals surface area contributed by atoms with Crippen molar-refractivity contribution in [2.75, 3.05) is 26.2 Å². The topological polar surface area (TPSA) is 0 Å². The van der Waals surface area contributed by atoms with E-state index >= 15 is 0 Å². The van der Waals surface area contributed by atoms with Gasteiger partial charge in [0.2, 0.25) is 0 Å². The van der Waals surface area contributed by atoms with Crippen molar-refractivity contribution in [2.24, 2.45) is 0 Å². The zero-order valence-electron chi connectivity index (χ0n) is 10.6. The normalized spacial score (nSPS) is 11.1. The van der Waals surface area contributed by atoms with E-state index in [9.17, 15) is 0 Å². The Morgan fingerprint density at radius 1 is 0.714 bits per heavy atom. The van der Waals surface area contributed by atoms with Crippen LogP contribution in [0.2, 0.25) is 0 Å². The average Bonchev–Trinajstić information content (AvgIpc) is 2.20. The summed E-state index contributed by atoms with van der Waals surface area (Å²) >= 11 is 0. The molecule has 0 aliphatic heterocycles. The van der Waals surface area contributed by atoms with E-state index in [1.54, 1.807) is 0 Å². The summed E-state index contributed by atoms with van der Waals surface area (Å²) in [4.78, 5) is 0. The number of rotatable bonds is 8. The molecule has 0 N–H and O–H groups in total. The smallest absolute Gasteiger partial charge is 0.0786 e. The number of unbranched alkanes of at least 4 members (excludes halogenated alkanes) is 2. The fourth-order valence-electron chi connectivity index (χ4n) is 1.95. The summed E-state index contributed by atoms with van der Waals surface area (Å²) in [6.07, 6.45) is 5.47. The van der Waals surface area contributed by atoms with Crippen LogP contribution < -0.4 is 0 Å². The predicted molar refractivity (Wildman–Crippen MR) is 60.9 cm³/mol. The first-order valence-electron chi connectivity index (χ1n) is 6.09. The van der Waals surface area contributed by atoms with Crippen molar-refractivity contribution in [3.8, 4) is 0 Å². The second-order valence-corrected chi connectivity index (χ2v) is 4.13. The third-order valence-corrected chi connectivity index (χ3v) is 3.31. The van der Waals surface area contributed by atoms with Crippen LogP contribution in [0.5, 0.6) is 0 Å². The fourth-order valence-corrected chi connectivity index (χ4v) is 1.95. The van der Waals surface area contributed by atoms with E-state index in [-0.39, 0.29) is 21.7 Å². The Morgan fingerprint density at radius 3 is 1.29 bits per heavy atom. The summed E-state index contributed by atoms with van der Waals surface area (Å²) in [5, 5.41) is 0. The molecule has 0 heterocycles. The molecule has 14 heavy (non-hydrogen) atoms. The van der Waals surface area contributed by atoms with E-state index in [2.05, 4.69) is 27.7 Å². The van der Waals surface area contributed by atoms with Gasteiger partial charge in [-0.05, 0) is 26.7 Å². The first-order chi connectivity index (χ1) is 6.24. The molecule has 0 aliphatic rings. The van der Waals surface area contributed by atoms with Crippen LogP contribution in [0, 0.1) is 0 Å². The first-order valence-corrected chi connectivity index (χ1v) is 6.09. The summed E-state index contributed by atoms with van der Waals surface area (Å²) in [7, 11) is 0. The van der Waals surface area contributed by atoms with Crippen molar-refractivity contribution in [1.29, 1.82) is 0 Å². The molecule has 0 aromatic carbocycles. The van der Waals surface area contributed by atoms with Crippen molar-refractivity contribution in [1.82, 2.24) is 0 Å². The van der Waals surface area contributed by atoms with Crippen LogP contribution in [0.3, 0.4) is 0 Å². The third-order valence-electron chi connectivity index (χ3n) is 3.31. The van der Waals surface area contributed by atoms with E-state index < -0.39 is 0 Å². The van der Waals surface area contributed by atoms with Crippen LogP contribution in [-0.2, 0) is 21.7 Å². The number of hydrogen-bond donors (Lipinski definition) is 0. The standard InChI is InChI=1S/C12H28N.Ti/c1-5-9-11-13(7-3,8-4)12-10-6-2;/h5-12H2,1-4H3;/q+1;. The van der Waals surface area contributed by atoms with E-state index in [0.717, 1.165) is 0 Å². The molecule has 0 amide bonds. The monoisotopic (exact) mass is 234 g/mol. The van der Waals surface area contributed by atoms with Crippen LogP contribution in [0.1, 0.15) is 53.4 Å². The summed E-state index contributed by atoms with van der Waals surface area (Å²) in [6, 6.07) is 0. The van der Waals surface area contributed by atoms with Crippen molar-refractivity contribution >= 4 is 0 Å². The molecular weight excluding hydrogens is 206 g/mol. The van der Waals surface area contributed by atoms with Crippen molar-refractivity contribution in [2.45, 2.75) is 53.4 Å². The zero-order chi connectivity index (χ0) is 10.2. The second kappa shape index (κ2) is 10.2. The molecular formula is C12H28NTi+. The van der Waals surface area contributed by atoms with E-state index in [0.29, 0.717) is 0 Å². The van der Waals surface area contributed by atoms with E-state index in [4.69, 9.17) is 0 Å². The molecule has 0 aromatic rings. The van der Waals surface area contributed by atoms with Crippen LogP contribution >= 0.6 is 0 Å². The second-order valence-electron chi connectivity index (χ2n) is 4.13. The minimum atomic E-state index is 0. The average molecular weight is 234 g/mol. The van der Waals surface area contributed by atoms with Gasteiger partial charge in [-0.1, -0.05) is 26.7 Å². The Labute approximate surface area is 106 Å². The van der Waals surface area contributed by atoms with Gasteiger partial charge in [0.15, 0.2) is 0 Å². The zero-order valence-corrected chi connectivity index (χ0v) is 12.2. The van der Waals surface area contributed by atoms with Crippen LogP contribution in [-0.4, -0.2) is 30.7 Å². The Balaban J connectivity index is 0. The fraction of sp³-hybridized carbons (Fsp3) is 1.00. The van der Waals surface area contributed by atoms with Crippen LogP contribution in [0.4, 0.5) is 0 Å². The molecule has 0 saturated heterocycles. The quantitative estimate of drug-likeness (QED) is 0.446. The van der Waals surface area contributed by atoms with E-state index in [1.165, 1.54) is 56.3 Å². The van der Waals surface area contributed by atoms with Gasteiger partial charge < -0.3 is 4.48 Å². The SMILES string of the molecule is CCCC[N+](CC)(CC)CCCC.[Ti]. The summed E-state index contributed by atoms with van der Waals surface area (Å²) < 4.78 is 1.35. The molecule has 0 rings (SSSR count). The predicted octanol–water partition coefficient (Wildman–Crippen LogP) is 3.44. The van der Waals surface area contributed by atoms with Gasteiger partial charge in [-0.2, -0.15) is 0 Å².